The summed E-state index contributed by atoms with van der Waals surface area (Å²) in [7, 11) is -1.61. The topological polar surface area (TPSA) is 72.4 Å². The summed E-state index contributed by atoms with van der Waals surface area (Å²) < 4.78 is 29.9. The van der Waals surface area contributed by atoms with E-state index in [1.807, 2.05) is 6.07 Å². The summed E-state index contributed by atoms with van der Waals surface area (Å²) in [6, 6.07) is 8.62. The molecule has 2 heterocycles. The van der Waals surface area contributed by atoms with Crippen LogP contribution in [0.15, 0.2) is 41.6 Å². The molecular weight excluding hydrogens is 326 g/mol. The van der Waals surface area contributed by atoms with E-state index in [0.717, 1.165) is 30.8 Å². The van der Waals surface area contributed by atoms with Gasteiger partial charge in [0.15, 0.2) is 9.84 Å². The van der Waals surface area contributed by atoms with Gasteiger partial charge in [0.2, 0.25) is 5.88 Å². The molecule has 1 aliphatic heterocycles. The average Bonchev–Trinajstić information content (AvgIpc) is 2.61. The maximum atomic E-state index is 12.3. The lowest BCUT2D eigenvalue weighted by atomic mass is 10.1. The number of rotatable bonds is 6. The van der Waals surface area contributed by atoms with Crippen LogP contribution in [-0.4, -0.2) is 49.2 Å². The second kappa shape index (κ2) is 7.27. The van der Waals surface area contributed by atoms with E-state index in [4.69, 9.17) is 4.74 Å². The molecule has 0 unspecified atom stereocenters. The predicted molar refractivity (Wildman–Crippen MR) is 90.7 cm³/mol. The molecule has 128 valence electrons. The summed E-state index contributed by atoms with van der Waals surface area (Å²) in [6.07, 6.45) is 2.96. The van der Waals surface area contributed by atoms with E-state index >= 15 is 0 Å². The van der Waals surface area contributed by atoms with Crippen LogP contribution < -0.4 is 4.74 Å². The van der Waals surface area contributed by atoms with Crippen molar-refractivity contribution >= 4 is 9.84 Å². The van der Waals surface area contributed by atoms with E-state index < -0.39 is 9.84 Å². The highest BCUT2D eigenvalue weighted by Crippen LogP contribution is 2.24. The summed E-state index contributed by atoms with van der Waals surface area (Å²) in [5, 5.41) is 0. The van der Waals surface area contributed by atoms with Crippen molar-refractivity contribution in [1.29, 1.82) is 0 Å². The Kier molecular flexibility index (Phi) is 5.11. The highest BCUT2D eigenvalue weighted by Gasteiger charge is 2.22. The first kappa shape index (κ1) is 16.9. The third-order valence-corrected chi connectivity index (χ3v) is 6.04. The summed E-state index contributed by atoms with van der Waals surface area (Å²) in [5.74, 6) is 0.768. The van der Waals surface area contributed by atoms with E-state index in [9.17, 15) is 8.42 Å². The fourth-order valence-corrected chi connectivity index (χ4v) is 4.28. The minimum Gasteiger partial charge on any atom is -0.481 e. The van der Waals surface area contributed by atoms with Crippen LogP contribution in [0.1, 0.15) is 17.7 Å². The SMILES string of the molecule is COc1ncnc2c1CN(CCCS(=O)(=O)c1ccccc1)CC2. The van der Waals surface area contributed by atoms with Crippen LogP contribution >= 0.6 is 0 Å². The van der Waals surface area contributed by atoms with Crippen molar-refractivity contribution in [2.45, 2.75) is 24.3 Å². The van der Waals surface area contributed by atoms with Gasteiger partial charge in [-0.3, -0.25) is 4.90 Å². The van der Waals surface area contributed by atoms with Crippen LogP contribution in [0.3, 0.4) is 0 Å². The molecule has 2 aromatic rings. The van der Waals surface area contributed by atoms with Crippen LogP contribution in [0.2, 0.25) is 0 Å². The molecule has 24 heavy (non-hydrogen) atoms. The van der Waals surface area contributed by atoms with Gasteiger partial charge < -0.3 is 4.74 Å². The first-order chi connectivity index (χ1) is 11.6. The van der Waals surface area contributed by atoms with Gasteiger partial charge in [-0.05, 0) is 25.1 Å². The van der Waals surface area contributed by atoms with Crippen molar-refractivity contribution in [3.8, 4) is 5.88 Å². The van der Waals surface area contributed by atoms with Crippen LogP contribution in [-0.2, 0) is 22.8 Å². The quantitative estimate of drug-likeness (QED) is 0.792. The van der Waals surface area contributed by atoms with Crippen molar-refractivity contribution in [3.05, 3.63) is 47.9 Å². The van der Waals surface area contributed by atoms with Gasteiger partial charge in [-0.1, -0.05) is 18.2 Å². The highest BCUT2D eigenvalue weighted by atomic mass is 32.2. The Morgan fingerprint density at radius 1 is 1.21 bits per heavy atom. The third-order valence-electron chi connectivity index (χ3n) is 4.22. The summed E-state index contributed by atoms with van der Waals surface area (Å²) in [4.78, 5) is 11.1. The number of aromatic nitrogens is 2. The molecule has 1 aromatic carbocycles. The normalized spacial score (nSPS) is 15.0. The maximum absolute atomic E-state index is 12.3. The Labute approximate surface area is 142 Å². The molecule has 0 atom stereocenters. The molecule has 1 aromatic heterocycles. The van der Waals surface area contributed by atoms with Crippen LogP contribution in [0.25, 0.3) is 0 Å². The van der Waals surface area contributed by atoms with E-state index in [2.05, 4.69) is 14.9 Å². The second-order valence-electron chi connectivity index (χ2n) is 5.82. The van der Waals surface area contributed by atoms with Gasteiger partial charge in [0, 0.05) is 25.1 Å². The van der Waals surface area contributed by atoms with E-state index in [1.54, 1.807) is 31.4 Å². The fourth-order valence-electron chi connectivity index (χ4n) is 2.96. The van der Waals surface area contributed by atoms with Crippen molar-refractivity contribution < 1.29 is 13.2 Å². The van der Waals surface area contributed by atoms with Crippen molar-refractivity contribution in [1.82, 2.24) is 14.9 Å². The Morgan fingerprint density at radius 3 is 2.75 bits per heavy atom. The Morgan fingerprint density at radius 2 is 2.00 bits per heavy atom. The minimum absolute atomic E-state index is 0.156. The average molecular weight is 347 g/mol. The number of hydrogen-bond acceptors (Lipinski definition) is 6. The highest BCUT2D eigenvalue weighted by molar-refractivity contribution is 7.91. The number of ether oxygens (including phenoxy) is 1. The molecule has 0 saturated heterocycles. The van der Waals surface area contributed by atoms with Gasteiger partial charge in [-0.15, -0.1) is 0 Å². The smallest absolute Gasteiger partial charge is 0.220 e. The Balaban J connectivity index is 1.59. The standard InChI is InChI=1S/C17H21N3O3S/c1-23-17-15-12-20(10-8-16(15)18-13-19-17)9-5-11-24(21,22)14-6-3-2-4-7-14/h2-4,6-7,13H,5,8-12H2,1H3. The number of sulfone groups is 1. The molecule has 0 saturated carbocycles. The fraction of sp³-hybridized carbons (Fsp3) is 0.412. The first-order valence-electron chi connectivity index (χ1n) is 7.97. The number of hydrogen-bond donors (Lipinski definition) is 0. The van der Waals surface area contributed by atoms with Gasteiger partial charge in [0.05, 0.1) is 23.5 Å². The third kappa shape index (κ3) is 3.73. The molecule has 0 bridgehead atoms. The molecule has 6 nitrogen and oxygen atoms in total. The molecule has 0 aliphatic carbocycles. The molecule has 0 spiro atoms. The second-order valence-corrected chi connectivity index (χ2v) is 7.93. The first-order valence-corrected chi connectivity index (χ1v) is 9.62. The van der Waals surface area contributed by atoms with Crippen molar-refractivity contribution in [3.63, 3.8) is 0 Å². The van der Waals surface area contributed by atoms with Gasteiger partial charge >= 0.3 is 0 Å². The Hall–Kier alpha value is -1.99. The summed E-state index contributed by atoms with van der Waals surface area (Å²) in [6.45, 7) is 2.30. The lowest BCUT2D eigenvalue weighted by Crippen LogP contribution is -2.33. The molecule has 1 aliphatic rings. The molecular formula is C17H21N3O3S. The van der Waals surface area contributed by atoms with Gasteiger partial charge in [-0.2, -0.15) is 0 Å². The largest absolute Gasteiger partial charge is 0.481 e. The lowest BCUT2D eigenvalue weighted by molar-refractivity contribution is 0.245. The number of nitrogens with zero attached hydrogens (tertiary/aromatic N) is 3. The van der Waals surface area contributed by atoms with Gasteiger partial charge in [0.1, 0.15) is 6.33 Å². The molecule has 0 fully saturated rings. The zero-order valence-corrected chi connectivity index (χ0v) is 14.5. The predicted octanol–water partition coefficient (Wildman–Crippen LogP) is 1.71. The molecule has 7 heteroatoms. The van der Waals surface area contributed by atoms with Gasteiger partial charge in [0.25, 0.3) is 0 Å². The van der Waals surface area contributed by atoms with E-state index in [-0.39, 0.29) is 5.75 Å². The monoisotopic (exact) mass is 347 g/mol. The summed E-state index contributed by atoms with van der Waals surface area (Å²) >= 11 is 0. The molecule has 0 N–H and O–H groups in total. The van der Waals surface area contributed by atoms with Crippen LogP contribution in [0.5, 0.6) is 5.88 Å². The number of benzene rings is 1. The van der Waals surface area contributed by atoms with Gasteiger partial charge in [-0.25, -0.2) is 18.4 Å². The van der Waals surface area contributed by atoms with Crippen molar-refractivity contribution in [2.75, 3.05) is 26.0 Å². The Bertz CT molecular complexity index is 780. The minimum atomic E-state index is -3.21. The van der Waals surface area contributed by atoms with E-state index in [1.165, 1.54) is 6.33 Å². The lowest BCUT2D eigenvalue weighted by Gasteiger charge is -2.28. The molecule has 3 rings (SSSR count). The number of methoxy groups -OCH3 is 1. The van der Waals surface area contributed by atoms with Crippen LogP contribution in [0, 0.1) is 0 Å². The zero-order valence-electron chi connectivity index (χ0n) is 13.7. The van der Waals surface area contributed by atoms with Crippen molar-refractivity contribution in [2.24, 2.45) is 0 Å². The zero-order chi connectivity index (χ0) is 17.0. The number of fused-ring (bicyclic) bond motifs is 1. The maximum Gasteiger partial charge on any atom is 0.220 e. The summed E-state index contributed by atoms with van der Waals surface area (Å²) in [5.41, 5.74) is 2.03. The molecule has 0 radical (unpaired) electrons. The molecule has 0 amide bonds. The van der Waals surface area contributed by atoms with E-state index in [0.29, 0.717) is 23.7 Å². The van der Waals surface area contributed by atoms with Crippen LogP contribution in [0.4, 0.5) is 0 Å².